The summed E-state index contributed by atoms with van der Waals surface area (Å²) in [6, 6.07) is 0. The SMILES string of the molecule is CCN(CC1CCNC1)C(C)=O. The van der Waals surface area contributed by atoms with Gasteiger partial charge in [-0.3, -0.25) is 4.79 Å². The van der Waals surface area contributed by atoms with Gasteiger partial charge >= 0.3 is 0 Å². The standard InChI is InChI=1S/C9H18N2O/c1-3-11(8(2)12)7-9-4-5-10-6-9/h9-10H,3-7H2,1-2H3. The van der Waals surface area contributed by atoms with E-state index in [2.05, 4.69) is 5.32 Å². The zero-order valence-corrected chi connectivity index (χ0v) is 7.97. The topological polar surface area (TPSA) is 32.3 Å². The number of carbonyl (C=O) groups excluding carboxylic acids is 1. The molecule has 1 heterocycles. The summed E-state index contributed by atoms with van der Waals surface area (Å²) in [7, 11) is 0. The summed E-state index contributed by atoms with van der Waals surface area (Å²) in [6.07, 6.45) is 1.21. The lowest BCUT2D eigenvalue weighted by Gasteiger charge is -2.22. The lowest BCUT2D eigenvalue weighted by Crippen LogP contribution is -2.34. The molecule has 1 fully saturated rings. The first-order chi connectivity index (χ1) is 5.74. The van der Waals surface area contributed by atoms with Crippen molar-refractivity contribution < 1.29 is 4.79 Å². The summed E-state index contributed by atoms with van der Waals surface area (Å²) < 4.78 is 0. The summed E-state index contributed by atoms with van der Waals surface area (Å²) in [4.78, 5) is 13.0. The quantitative estimate of drug-likeness (QED) is 0.667. The Labute approximate surface area is 74.1 Å². The van der Waals surface area contributed by atoms with Crippen molar-refractivity contribution in [3.8, 4) is 0 Å². The molecule has 1 saturated heterocycles. The highest BCUT2D eigenvalue weighted by Gasteiger charge is 2.18. The number of nitrogens with one attached hydrogen (secondary N) is 1. The first-order valence-corrected chi connectivity index (χ1v) is 4.70. The Morgan fingerprint density at radius 3 is 2.83 bits per heavy atom. The van der Waals surface area contributed by atoms with Crippen molar-refractivity contribution >= 4 is 5.91 Å². The average Bonchev–Trinajstić information content (AvgIpc) is 2.51. The second-order valence-corrected chi connectivity index (χ2v) is 3.42. The molecule has 0 aliphatic carbocycles. The Morgan fingerprint density at radius 1 is 1.67 bits per heavy atom. The van der Waals surface area contributed by atoms with E-state index in [1.54, 1.807) is 6.92 Å². The predicted molar refractivity (Wildman–Crippen MR) is 48.9 cm³/mol. The molecule has 1 amide bonds. The van der Waals surface area contributed by atoms with Crippen molar-refractivity contribution in [3.63, 3.8) is 0 Å². The second kappa shape index (κ2) is 4.45. The van der Waals surface area contributed by atoms with Gasteiger partial charge < -0.3 is 10.2 Å². The van der Waals surface area contributed by atoms with Crippen molar-refractivity contribution in [1.82, 2.24) is 10.2 Å². The maximum Gasteiger partial charge on any atom is 0.219 e. The van der Waals surface area contributed by atoms with Gasteiger partial charge in [0.2, 0.25) is 5.91 Å². The molecule has 0 spiro atoms. The highest BCUT2D eigenvalue weighted by Crippen LogP contribution is 2.09. The Bertz CT molecular complexity index is 153. The van der Waals surface area contributed by atoms with Gasteiger partial charge in [-0.25, -0.2) is 0 Å². The predicted octanol–water partition coefficient (Wildman–Crippen LogP) is 0.464. The minimum atomic E-state index is 0.199. The molecule has 1 atom stereocenters. The van der Waals surface area contributed by atoms with Crippen LogP contribution in [0.15, 0.2) is 0 Å². The van der Waals surface area contributed by atoms with Crippen LogP contribution in [-0.4, -0.2) is 37.0 Å². The fourth-order valence-corrected chi connectivity index (χ4v) is 1.66. The summed E-state index contributed by atoms with van der Waals surface area (Å²) in [5, 5.41) is 3.30. The van der Waals surface area contributed by atoms with Gasteiger partial charge in [-0.2, -0.15) is 0 Å². The van der Waals surface area contributed by atoms with Crippen molar-refractivity contribution in [2.24, 2.45) is 5.92 Å². The van der Waals surface area contributed by atoms with E-state index in [1.165, 1.54) is 6.42 Å². The van der Waals surface area contributed by atoms with Gasteiger partial charge in [0, 0.05) is 20.0 Å². The summed E-state index contributed by atoms with van der Waals surface area (Å²) in [6.45, 7) is 7.63. The van der Waals surface area contributed by atoms with Crippen LogP contribution in [0.5, 0.6) is 0 Å². The molecule has 3 heteroatoms. The maximum absolute atomic E-state index is 11.1. The van der Waals surface area contributed by atoms with E-state index in [1.807, 2.05) is 11.8 Å². The van der Waals surface area contributed by atoms with E-state index in [9.17, 15) is 4.79 Å². The lowest BCUT2D eigenvalue weighted by molar-refractivity contribution is -0.129. The molecule has 1 unspecified atom stereocenters. The second-order valence-electron chi connectivity index (χ2n) is 3.42. The molecule has 0 aromatic heterocycles. The Balaban J connectivity index is 2.30. The number of hydrogen-bond donors (Lipinski definition) is 1. The van der Waals surface area contributed by atoms with Gasteiger partial charge in [0.1, 0.15) is 0 Å². The molecular weight excluding hydrogens is 152 g/mol. The highest BCUT2D eigenvalue weighted by molar-refractivity contribution is 5.73. The zero-order valence-electron chi connectivity index (χ0n) is 7.97. The third kappa shape index (κ3) is 2.48. The minimum absolute atomic E-state index is 0.199. The van der Waals surface area contributed by atoms with E-state index in [0.717, 1.165) is 26.2 Å². The largest absolute Gasteiger partial charge is 0.343 e. The van der Waals surface area contributed by atoms with E-state index in [-0.39, 0.29) is 5.91 Å². The Kier molecular flexibility index (Phi) is 3.53. The van der Waals surface area contributed by atoms with E-state index in [4.69, 9.17) is 0 Å². The fourth-order valence-electron chi connectivity index (χ4n) is 1.66. The van der Waals surface area contributed by atoms with Crippen LogP contribution >= 0.6 is 0 Å². The normalized spacial score (nSPS) is 22.7. The molecule has 0 radical (unpaired) electrons. The molecule has 0 aromatic rings. The number of carbonyl (C=O) groups is 1. The van der Waals surface area contributed by atoms with Crippen molar-refractivity contribution in [2.75, 3.05) is 26.2 Å². The zero-order chi connectivity index (χ0) is 8.97. The van der Waals surface area contributed by atoms with Crippen LogP contribution in [0.1, 0.15) is 20.3 Å². The molecule has 0 saturated carbocycles. The van der Waals surface area contributed by atoms with Gasteiger partial charge in [0.05, 0.1) is 0 Å². The Morgan fingerprint density at radius 2 is 2.42 bits per heavy atom. The summed E-state index contributed by atoms with van der Waals surface area (Å²) >= 11 is 0. The van der Waals surface area contributed by atoms with E-state index >= 15 is 0 Å². The van der Waals surface area contributed by atoms with Gasteiger partial charge in [0.25, 0.3) is 0 Å². The van der Waals surface area contributed by atoms with Crippen LogP contribution in [0.25, 0.3) is 0 Å². The van der Waals surface area contributed by atoms with Crippen molar-refractivity contribution in [3.05, 3.63) is 0 Å². The number of amides is 1. The first kappa shape index (κ1) is 9.52. The molecule has 70 valence electrons. The van der Waals surface area contributed by atoms with Crippen LogP contribution in [0.3, 0.4) is 0 Å². The van der Waals surface area contributed by atoms with Crippen LogP contribution in [0.2, 0.25) is 0 Å². The van der Waals surface area contributed by atoms with Gasteiger partial charge in [-0.15, -0.1) is 0 Å². The summed E-state index contributed by atoms with van der Waals surface area (Å²) in [5.74, 6) is 0.873. The molecule has 1 rings (SSSR count). The van der Waals surface area contributed by atoms with Crippen LogP contribution in [0, 0.1) is 5.92 Å². The van der Waals surface area contributed by atoms with Crippen molar-refractivity contribution in [2.45, 2.75) is 20.3 Å². The monoisotopic (exact) mass is 170 g/mol. The molecule has 1 N–H and O–H groups in total. The van der Waals surface area contributed by atoms with Gasteiger partial charge in [-0.05, 0) is 32.4 Å². The Hall–Kier alpha value is -0.570. The van der Waals surface area contributed by atoms with E-state index < -0.39 is 0 Å². The van der Waals surface area contributed by atoms with Crippen LogP contribution in [-0.2, 0) is 4.79 Å². The number of nitrogens with zero attached hydrogens (tertiary/aromatic N) is 1. The molecule has 12 heavy (non-hydrogen) atoms. The van der Waals surface area contributed by atoms with Crippen LogP contribution in [0.4, 0.5) is 0 Å². The number of hydrogen-bond acceptors (Lipinski definition) is 2. The van der Waals surface area contributed by atoms with Crippen LogP contribution < -0.4 is 5.32 Å². The third-order valence-electron chi connectivity index (χ3n) is 2.47. The molecule has 0 aromatic carbocycles. The lowest BCUT2D eigenvalue weighted by atomic mass is 10.1. The molecule has 0 bridgehead atoms. The first-order valence-electron chi connectivity index (χ1n) is 4.70. The van der Waals surface area contributed by atoms with E-state index in [0.29, 0.717) is 5.92 Å². The molecule has 3 nitrogen and oxygen atoms in total. The van der Waals surface area contributed by atoms with Gasteiger partial charge in [0.15, 0.2) is 0 Å². The third-order valence-corrected chi connectivity index (χ3v) is 2.47. The van der Waals surface area contributed by atoms with Crippen molar-refractivity contribution in [1.29, 1.82) is 0 Å². The summed E-state index contributed by atoms with van der Waals surface area (Å²) in [5.41, 5.74) is 0. The average molecular weight is 170 g/mol. The smallest absolute Gasteiger partial charge is 0.219 e. The van der Waals surface area contributed by atoms with Gasteiger partial charge in [-0.1, -0.05) is 0 Å². The number of rotatable bonds is 3. The molecule has 1 aliphatic rings. The molecular formula is C9H18N2O. The minimum Gasteiger partial charge on any atom is -0.343 e. The molecule has 1 aliphatic heterocycles. The maximum atomic E-state index is 11.1. The highest BCUT2D eigenvalue weighted by atomic mass is 16.2. The fraction of sp³-hybridized carbons (Fsp3) is 0.889.